The molecule has 0 radical (unpaired) electrons. The maximum absolute atomic E-state index is 14.8. The third-order valence-corrected chi connectivity index (χ3v) is 13.5. The molecule has 3 fully saturated rings. The summed E-state index contributed by atoms with van der Waals surface area (Å²) < 4.78 is 53.1. The molecule has 8 atom stereocenters. The van der Waals surface area contributed by atoms with Crippen molar-refractivity contribution in [3.63, 3.8) is 0 Å². The van der Waals surface area contributed by atoms with Gasteiger partial charge in [-0.15, -0.1) is 0 Å². The highest BCUT2D eigenvalue weighted by Crippen LogP contribution is 2.39. The first-order valence-electron chi connectivity index (χ1n) is 26.1. The lowest BCUT2D eigenvalue weighted by Crippen LogP contribution is -2.59. The molecule has 374 valence electrons. The van der Waals surface area contributed by atoms with Gasteiger partial charge in [0, 0.05) is 6.54 Å². The summed E-state index contributed by atoms with van der Waals surface area (Å²) >= 11 is 0. The molecule has 3 aliphatic heterocycles. The first-order chi connectivity index (χ1) is 33.8. The molecule has 3 saturated heterocycles. The van der Waals surface area contributed by atoms with Crippen LogP contribution in [0.1, 0.15) is 140 Å². The summed E-state index contributed by atoms with van der Waals surface area (Å²) in [5.41, 5.74) is 3.95. The number of ether oxygens (including phenoxy) is 8. The van der Waals surface area contributed by atoms with Gasteiger partial charge in [0.05, 0.1) is 32.0 Å². The van der Waals surface area contributed by atoms with E-state index in [0.717, 1.165) is 41.5 Å². The molecule has 0 spiro atoms. The van der Waals surface area contributed by atoms with E-state index in [0.29, 0.717) is 38.5 Å². The minimum absolute atomic E-state index is 0.134. The minimum atomic E-state index is -0.871. The van der Waals surface area contributed by atoms with Gasteiger partial charge in [-0.05, 0) is 61.9 Å². The number of rotatable bonds is 27. The first kappa shape index (κ1) is 52.3. The first-order valence-corrected chi connectivity index (χ1v) is 26.1. The van der Waals surface area contributed by atoms with Crippen LogP contribution >= 0.6 is 0 Å². The Balaban J connectivity index is 1.18. The van der Waals surface area contributed by atoms with Crippen LogP contribution in [0.2, 0.25) is 0 Å². The fourth-order valence-corrected chi connectivity index (χ4v) is 9.86. The highest BCUT2D eigenvalue weighted by Gasteiger charge is 2.51. The third kappa shape index (κ3) is 16.5. The Morgan fingerprint density at radius 3 is 1.78 bits per heavy atom. The smallest absolute Gasteiger partial charge is 0.410 e. The van der Waals surface area contributed by atoms with Crippen LogP contribution in [-0.4, -0.2) is 72.3 Å². The van der Waals surface area contributed by atoms with E-state index in [1.165, 1.54) is 64.2 Å². The molecule has 7 rings (SSSR count). The number of hydrogen-bond acceptors (Lipinski definition) is 9. The lowest BCUT2D eigenvalue weighted by atomic mass is 9.93. The summed E-state index contributed by atoms with van der Waals surface area (Å²) in [6.07, 6.45) is 14.8. The minimum Gasteiger partial charge on any atom is -0.487 e. The van der Waals surface area contributed by atoms with E-state index in [4.69, 9.17) is 37.9 Å². The molecule has 1 amide bonds. The van der Waals surface area contributed by atoms with E-state index in [-0.39, 0.29) is 12.7 Å². The molecule has 3 aliphatic rings. The Morgan fingerprint density at radius 2 is 1.20 bits per heavy atom. The monoisotopic (exact) mass is 946 g/mol. The zero-order valence-corrected chi connectivity index (χ0v) is 41.8. The molecule has 3 heterocycles. The number of hydrogen-bond donors (Lipinski definition) is 0. The predicted octanol–water partition coefficient (Wildman–Crippen LogP) is 13.4. The summed E-state index contributed by atoms with van der Waals surface area (Å²) in [5.74, 6) is -0.269. The third-order valence-electron chi connectivity index (χ3n) is 13.5. The summed E-state index contributed by atoms with van der Waals surface area (Å²) in [6, 6.07) is 39.6. The molecule has 10 heteroatoms. The maximum Gasteiger partial charge on any atom is 0.410 e. The van der Waals surface area contributed by atoms with Crippen molar-refractivity contribution in [2.45, 2.75) is 199 Å². The van der Waals surface area contributed by atoms with Crippen molar-refractivity contribution >= 4 is 6.09 Å². The van der Waals surface area contributed by atoms with Gasteiger partial charge in [0.2, 0.25) is 0 Å². The number of amides is 1. The maximum atomic E-state index is 14.8. The fourth-order valence-electron chi connectivity index (χ4n) is 9.86. The molecule has 0 aliphatic carbocycles. The van der Waals surface area contributed by atoms with Crippen molar-refractivity contribution < 1.29 is 42.7 Å². The molecule has 4 aromatic rings. The normalized spacial score (nSPS) is 24.1. The molecular weight excluding hydrogens is 867 g/mol. The van der Waals surface area contributed by atoms with Crippen LogP contribution < -0.4 is 0 Å². The Morgan fingerprint density at radius 1 is 0.681 bits per heavy atom. The molecule has 0 bridgehead atoms. The average molecular weight is 946 g/mol. The van der Waals surface area contributed by atoms with E-state index >= 15 is 0 Å². The zero-order chi connectivity index (χ0) is 48.1. The highest BCUT2D eigenvalue weighted by molar-refractivity contribution is 5.68. The van der Waals surface area contributed by atoms with Gasteiger partial charge in [0.15, 0.2) is 18.2 Å². The zero-order valence-electron chi connectivity index (χ0n) is 41.8. The van der Waals surface area contributed by atoms with Gasteiger partial charge in [-0.2, -0.15) is 0 Å². The van der Waals surface area contributed by atoms with Gasteiger partial charge in [-0.25, -0.2) is 4.79 Å². The molecular formula is C59H79NO9. The van der Waals surface area contributed by atoms with Gasteiger partial charge < -0.3 is 37.9 Å². The number of carbonyl (C=O) groups is 1. The second-order valence-corrected chi connectivity index (χ2v) is 19.5. The van der Waals surface area contributed by atoms with Gasteiger partial charge >= 0.3 is 6.09 Å². The van der Waals surface area contributed by atoms with Crippen LogP contribution in [0.15, 0.2) is 133 Å². The molecule has 4 unspecified atom stereocenters. The highest BCUT2D eigenvalue weighted by atomic mass is 16.8. The predicted molar refractivity (Wildman–Crippen MR) is 270 cm³/mol. The number of unbranched alkanes of at least 4 members (excludes halogenated alkanes) is 11. The van der Waals surface area contributed by atoms with Crippen LogP contribution in [0.25, 0.3) is 0 Å². The molecule has 0 N–H and O–H groups in total. The largest absolute Gasteiger partial charge is 0.487 e. The van der Waals surface area contributed by atoms with Crippen molar-refractivity contribution in [2.75, 3.05) is 6.61 Å². The Kier molecular flexibility index (Phi) is 21.0. The van der Waals surface area contributed by atoms with Crippen LogP contribution in [0, 0.1) is 0 Å². The number of carbonyl (C=O) groups excluding carboxylic acids is 1. The molecule has 69 heavy (non-hydrogen) atoms. The number of benzene rings is 4. The average Bonchev–Trinajstić information content (AvgIpc) is 3.68. The second-order valence-electron chi connectivity index (χ2n) is 19.5. The number of nitrogens with zero attached hydrogens (tertiary/aromatic N) is 1. The Bertz CT molecular complexity index is 2070. The van der Waals surface area contributed by atoms with E-state index in [9.17, 15) is 4.79 Å². The summed E-state index contributed by atoms with van der Waals surface area (Å²) in [6.45, 7) is 9.57. The van der Waals surface area contributed by atoms with E-state index in [2.05, 4.69) is 37.3 Å². The van der Waals surface area contributed by atoms with Crippen molar-refractivity contribution in [1.29, 1.82) is 0 Å². The Labute approximate surface area is 412 Å². The van der Waals surface area contributed by atoms with Gasteiger partial charge in [0.1, 0.15) is 36.8 Å². The summed E-state index contributed by atoms with van der Waals surface area (Å²) in [5, 5.41) is 0. The summed E-state index contributed by atoms with van der Waals surface area (Å²) in [7, 11) is 0. The van der Waals surface area contributed by atoms with E-state index < -0.39 is 54.7 Å². The summed E-state index contributed by atoms with van der Waals surface area (Å²) in [4.78, 5) is 16.6. The van der Waals surface area contributed by atoms with Gasteiger partial charge in [0.25, 0.3) is 0 Å². The van der Waals surface area contributed by atoms with E-state index in [1.54, 1.807) is 0 Å². The van der Waals surface area contributed by atoms with Crippen LogP contribution in [0.3, 0.4) is 0 Å². The molecule has 0 saturated carbocycles. The van der Waals surface area contributed by atoms with Gasteiger partial charge in [-0.3, -0.25) is 4.90 Å². The topological polar surface area (TPSA) is 94.2 Å². The lowest BCUT2D eigenvalue weighted by molar-refractivity contribution is -0.303. The van der Waals surface area contributed by atoms with Crippen molar-refractivity contribution in [3.05, 3.63) is 155 Å². The van der Waals surface area contributed by atoms with Crippen molar-refractivity contribution in [3.8, 4) is 0 Å². The quantitative estimate of drug-likeness (QED) is 0.0542. The van der Waals surface area contributed by atoms with Crippen molar-refractivity contribution in [1.82, 2.24) is 4.90 Å². The second kappa shape index (κ2) is 27.7. The molecule has 4 aromatic carbocycles. The van der Waals surface area contributed by atoms with Crippen LogP contribution in [0.5, 0.6) is 0 Å². The van der Waals surface area contributed by atoms with Crippen molar-refractivity contribution in [2.24, 2.45) is 0 Å². The van der Waals surface area contributed by atoms with Crippen LogP contribution in [0.4, 0.5) is 4.79 Å². The molecule has 0 aromatic heterocycles. The van der Waals surface area contributed by atoms with Gasteiger partial charge in [-0.1, -0.05) is 205 Å². The van der Waals surface area contributed by atoms with Crippen LogP contribution in [-0.2, 0) is 64.3 Å². The lowest BCUT2D eigenvalue weighted by Gasteiger charge is -2.47. The molecule has 10 nitrogen and oxygen atoms in total. The standard InChI is InChI=1S/C59H79NO9/c1-5-6-7-8-9-10-11-12-13-14-15-28-37-52-54(69-59(3,4)68-52)50(60(40-46-29-20-16-21-30-46)58(61)65-43-49-35-26-19-27-36-49)38-39-51-55(63-41-47-31-22-17-23-32-47)57(64-42-48-33-24-18-25-34-48)56-53(67-51)44-62-45(2)66-56/h16-27,29-36,39,45,50,52-57H,5-15,28,37-38,40-44H2,1-4H3/b51-39+/t45?,50-,52?,53?,54-,55-,56-,57?/m0/s1. The SMILES string of the molecule is CCCCCCCCCCCCCCC1OC(C)(C)O[C@H]1[C@H](C/C=C1/OC2COC(C)O[C@@H]2C(OCc2ccccc2)[C@H]1OCc1ccccc1)N(Cc1ccccc1)C(=O)OCc1ccccc1. The van der Waals surface area contributed by atoms with E-state index in [1.807, 2.05) is 123 Å². The fraction of sp³-hybridized carbons (Fsp3) is 0.542. The number of fused-ring (bicyclic) bond motifs is 1. The Hall–Kier alpha value is -4.55.